The summed E-state index contributed by atoms with van der Waals surface area (Å²) in [7, 11) is 0. The molecular weight excluding hydrogens is 384 g/mol. The Bertz CT molecular complexity index is 920. The van der Waals surface area contributed by atoms with Crippen molar-refractivity contribution < 1.29 is 19.5 Å². The van der Waals surface area contributed by atoms with Crippen LogP contribution in [0.5, 0.6) is 5.88 Å². The number of piperidine rings is 1. The van der Waals surface area contributed by atoms with E-state index < -0.39 is 0 Å². The topological polar surface area (TPSA) is 73.3 Å². The zero-order chi connectivity index (χ0) is 18.4. The third-order valence-corrected chi connectivity index (χ3v) is 7.55. The first-order chi connectivity index (χ1) is 13.2. The summed E-state index contributed by atoms with van der Waals surface area (Å²) in [6.07, 6.45) is 2.52. The Kier molecular flexibility index (Phi) is 4.44. The highest BCUT2D eigenvalue weighted by atomic mass is 32.1. The Labute approximate surface area is 165 Å². The van der Waals surface area contributed by atoms with Crippen LogP contribution in [-0.4, -0.2) is 51.8 Å². The predicted octanol–water partition coefficient (Wildman–Crippen LogP) is 1.63. The van der Waals surface area contributed by atoms with Gasteiger partial charge in [0.15, 0.2) is 17.7 Å². The number of nitrogens with one attached hydrogen (secondary N) is 1. The molecule has 3 aromatic heterocycles. The molecule has 27 heavy (non-hydrogen) atoms. The predicted molar refractivity (Wildman–Crippen MR) is 103 cm³/mol. The number of likely N-dealkylation sites (tertiary alicyclic amines) is 1. The number of thiophene rings is 1. The molecule has 7 nitrogen and oxygen atoms in total. The van der Waals surface area contributed by atoms with Crippen molar-refractivity contribution in [3.63, 3.8) is 0 Å². The third kappa shape index (κ3) is 2.98. The monoisotopic (exact) mass is 407 g/mol. The van der Waals surface area contributed by atoms with Crippen molar-refractivity contribution in [1.82, 2.24) is 14.6 Å². The zero-order valence-electron chi connectivity index (χ0n) is 15.2. The van der Waals surface area contributed by atoms with E-state index in [1.807, 2.05) is 6.92 Å². The van der Waals surface area contributed by atoms with Crippen LogP contribution in [0.2, 0.25) is 0 Å². The molecule has 2 fully saturated rings. The maximum Gasteiger partial charge on any atom is 0.235 e. The van der Waals surface area contributed by atoms with Crippen molar-refractivity contribution in [2.75, 3.05) is 26.3 Å². The van der Waals surface area contributed by atoms with Gasteiger partial charge in [-0.2, -0.15) is 4.52 Å². The number of quaternary nitrogens is 1. The highest BCUT2D eigenvalue weighted by molar-refractivity contribution is 7.17. The molecule has 0 radical (unpaired) electrons. The van der Waals surface area contributed by atoms with Crippen LogP contribution in [0.1, 0.15) is 41.4 Å². The summed E-state index contributed by atoms with van der Waals surface area (Å²) in [5.74, 6) is 0.605. The molecule has 2 aliphatic rings. The summed E-state index contributed by atoms with van der Waals surface area (Å²) in [6.45, 7) is 5.29. The van der Waals surface area contributed by atoms with Crippen LogP contribution in [0.25, 0.3) is 4.96 Å². The Morgan fingerprint density at radius 3 is 2.74 bits per heavy atom. The zero-order valence-corrected chi connectivity index (χ0v) is 16.8. The van der Waals surface area contributed by atoms with E-state index in [1.54, 1.807) is 27.2 Å². The minimum absolute atomic E-state index is 0.0855. The van der Waals surface area contributed by atoms with Gasteiger partial charge in [-0.1, -0.05) is 24.3 Å². The molecule has 0 bridgehead atoms. The van der Waals surface area contributed by atoms with E-state index in [9.17, 15) is 5.11 Å². The lowest BCUT2D eigenvalue weighted by molar-refractivity contribution is -0.933. The quantitative estimate of drug-likeness (QED) is 0.688. The van der Waals surface area contributed by atoms with Crippen molar-refractivity contribution in [2.45, 2.75) is 38.0 Å². The van der Waals surface area contributed by atoms with Crippen LogP contribution in [-0.2, 0) is 15.9 Å². The SMILES string of the molecule is CCc1nc2sc([C@@H](c3cccs3)[NH+]3CCC4(CC3)OCCO4)c(O)n2n1. The number of hydrogen-bond donors (Lipinski definition) is 2. The van der Waals surface area contributed by atoms with E-state index in [0.717, 1.165) is 48.0 Å². The molecule has 0 amide bonds. The third-order valence-electron chi connectivity index (χ3n) is 5.53. The van der Waals surface area contributed by atoms with Gasteiger partial charge in [0, 0.05) is 6.42 Å². The molecule has 9 heteroatoms. The minimum Gasteiger partial charge on any atom is -0.492 e. The van der Waals surface area contributed by atoms with E-state index >= 15 is 0 Å². The molecule has 2 N–H and O–H groups in total. The van der Waals surface area contributed by atoms with Gasteiger partial charge in [0.05, 0.1) is 44.0 Å². The number of aromatic hydroxyl groups is 1. The molecule has 5 heterocycles. The van der Waals surface area contributed by atoms with Crippen LogP contribution in [0.15, 0.2) is 17.5 Å². The standard InChI is InChI=1S/C18H22N4O3S2/c1-2-13-19-17-22(20-13)16(23)15(27-17)14(12-4-3-11-26-12)21-7-5-18(6-8-21)24-9-10-25-18/h3-4,11,14,23H,2,5-10H2,1H3/p+1/t14-/m1/s1. The first-order valence-electron chi connectivity index (χ1n) is 9.42. The number of aromatic nitrogens is 3. The summed E-state index contributed by atoms with van der Waals surface area (Å²) in [5.41, 5.74) is 0. The number of ether oxygens (including phenoxy) is 2. The van der Waals surface area contributed by atoms with Crippen molar-refractivity contribution in [3.8, 4) is 5.88 Å². The van der Waals surface area contributed by atoms with Crippen molar-refractivity contribution in [2.24, 2.45) is 0 Å². The average Bonchev–Trinajstić information content (AvgIpc) is 3.46. The molecule has 144 valence electrons. The lowest BCUT2D eigenvalue weighted by Crippen LogP contribution is -3.14. The highest BCUT2D eigenvalue weighted by Gasteiger charge is 2.45. The van der Waals surface area contributed by atoms with Gasteiger partial charge in [-0.15, -0.1) is 16.4 Å². The fourth-order valence-electron chi connectivity index (χ4n) is 4.13. The number of thiazole rings is 1. The van der Waals surface area contributed by atoms with Gasteiger partial charge in [-0.05, 0) is 11.4 Å². The molecule has 0 aliphatic carbocycles. The van der Waals surface area contributed by atoms with Gasteiger partial charge in [0.2, 0.25) is 10.8 Å². The van der Waals surface area contributed by atoms with Crippen LogP contribution >= 0.6 is 22.7 Å². The van der Waals surface area contributed by atoms with Gasteiger partial charge in [-0.3, -0.25) is 0 Å². The summed E-state index contributed by atoms with van der Waals surface area (Å²) in [4.78, 5) is 8.93. The molecule has 2 aliphatic heterocycles. The maximum absolute atomic E-state index is 10.9. The molecule has 0 saturated carbocycles. The summed E-state index contributed by atoms with van der Waals surface area (Å²) in [6, 6.07) is 4.31. The number of rotatable bonds is 4. The Morgan fingerprint density at radius 2 is 2.11 bits per heavy atom. The molecule has 5 rings (SSSR count). The highest BCUT2D eigenvalue weighted by Crippen LogP contribution is 2.37. The van der Waals surface area contributed by atoms with Crippen LogP contribution in [0.3, 0.4) is 0 Å². The first-order valence-corrected chi connectivity index (χ1v) is 11.1. The van der Waals surface area contributed by atoms with E-state index in [0.29, 0.717) is 13.2 Å². The van der Waals surface area contributed by atoms with Crippen LogP contribution in [0.4, 0.5) is 0 Å². The Hall–Kier alpha value is -1.52. The van der Waals surface area contributed by atoms with E-state index in [4.69, 9.17) is 9.47 Å². The largest absolute Gasteiger partial charge is 0.492 e. The molecule has 0 aromatic carbocycles. The van der Waals surface area contributed by atoms with E-state index in [1.165, 1.54) is 9.78 Å². The minimum atomic E-state index is -0.382. The van der Waals surface area contributed by atoms with E-state index in [-0.39, 0.29) is 17.7 Å². The van der Waals surface area contributed by atoms with Gasteiger partial charge < -0.3 is 19.5 Å². The van der Waals surface area contributed by atoms with Crippen molar-refractivity contribution >= 4 is 27.6 Å². The number of aryl methyl sites for hydroxylation is 1. The Morgan fingerprint density at radius 1 is 1.33 bits per heavy atom. The number of nitrogens with zero attached hydrogens (tertiary/aromatic N) is 3. The molecule has 0 unspecified atom stereocenters. The van der Waals surface area contributed by atoms with Crippen LogP contribution in [0, 0.1) is 0 Å². The second kappa shape index (κ2) is 6.82. The molecule has 3 aromatic rings. The normalized spacial score (nSPS) is 21.4. The van der Waals surface area contributed by atoms with Gasteiger partial charge in [-0.25, -0.2) is 4.98 Å². The van der Waals surface area contributed by atoms with Crippen LogP contribution < -0.4 is 4.90 Å². The van der Waals surface area contributed by atoms with Gasteiger partial charge in [0.25, 0.3) is 0 Å². The van der Waals surface area contributed by atoms with Gasteiger partial charge in [0.1, 0.15) is 4.88 Å². The van der Waals surface area contributed by atoms with Crippen molar-refractivity contribution in [3.05, 3.63) is 33.1 Å². The fraction of sp³-hybridized carbons (Fsp3) is 0.556. The summed E-state index contributed by atoms with van der Waals surface area (Å²) < 4.78 is 13.4. The molecule has 2 saturated heterocycles. The van der Waals surface area contributed by atoms with Gasteiger partial charge >= 0.3 is 0 Å². The molecule has 1 atom stereocenters. The van der Waals surface area contributed by atoms with E-state index in [2.05, 4.69) is 27.6 Å². The number of fused-ring (bicyclic) bond motifs is 1. The number of hydrogen-bond acceptors (Lipinski definition) is 7. The fourth-order valence-corrected chi connectivity index (χ4v) is 6.24. The molecular formula is C18H23N4O3S2+. The first kappa shape index (κ1) is 17.6. The molecule has 1 spiro atoms. The second-order valence-corrected chi connectivity index (χ2v) is 9.07. The Balaban J connectivity index is 1.49. The summed E-state index contributed by atoms with van der Waals surface area (Å²) >= 11 is 3.28. The lowest BCUT2D eigenvalue weighted by atomic mass is 10.0. The smallest absolute Gasteiger partial charge is 0.235 e. The lowest BCUT2D eigenvalue weighted by Gasteiger charge is -2.38. The summed E-state index contributed by atoms with van der Waals surface area (Å²) in [5, 5.41) is 17.5. The second-order valence-electron chi connectivity index (χ2n) is 7.08. The maximum atomic E-state index is 10.9. The average molecular weight is 408 g/mol. The van der Waals surface area contributed by atoms with Crippen molar-refractivity contribution in [1.29, 1.82) is 0 Å².